The van der Waals surface area contributed by atoms with Crippen LogP contribution in [0.3, 0.4) is 0 Å². The van der Waals surface area contributed by atoms with Gasteiger partial charge in [-0.1, -0.05) is 41.9 Å². The number of hydrogen-bond acceptors (Lipinski definition) is 4. The third-order valence-corrected chi connectivity index (χ3v) is 7.35. The first-order chi connectivity index (χ1) is 15.1. The van der Waals surface area contributed by atoms with E-state index in [0.29, 0.717) is 28.8 Å². The van der Waals surface area contributed by atoms with Crippen molar-refractivity contribution < 1.29 is 23.4 Å². The molecule has 0 N–H and O–H groups in total. The quantitative estimate of drug-likeness (QED) is 0.422. The zero-order chi connectivity index (χ0) is 23.3. The Bertz CT molecular complexity index is 1030. The highest BCUT2D eigenvalue weighted by molar-refractivity contribution is 9.10. The van der Waals surface area contributed by atoms with Gasteiger partial charge in [-0.2, -0.15) is 0 Å². The number of ether oxygens (including phenoxy) is 3. The Morgan fingerprint density at radius 2 is 2.00 bits per heavy atom. The lowest BCUT2D eigenvalue weighted by atomic mass is 9.79. The lowest BCUT2D eigenvalue weighted by Crippen LogP contribution is -2.55. The van der Waals surface area contributed by atoms with E-state index in [1.54, 1.807) is 12.0 Å². The smallest absolute Gasteiger partial charge is 0.410 e. The normalized spacial score (nSPS) is 24.9. The maximum absolute atomic E-state index is 14.5. The van der Waals surface area contributed by atoms with Crippen molar-refractivity contribution in [3.8, 4) is 5.75 Å². The molecule has 4 rings (SSSR count). The summed E-state index contributed by atoms with van der Waals surface area (Å²) in [6, 6.07) is 10.5. The molecular weight excluding hydrogens is 501 g/mol. The number of amides is 1. The van der Waals surface area contributed by atoms with Gasteiger partial charge in [0.1, 0.15) is 23.3 Å². The third kappa shape index (κ3) is 3.78. The molecule has 2 aromatic carbocycles. The van der Waals surface area contributed by atoms with Crippen molar-refractivity contribution in [1.82, 2.24) is 4.90 Å². The maximum Gasteiger partial charge on any atom is 0.410 e. The molecule has 2 heterocycles. The van der Waals surface area contributed by atoms with Gasteiger partial charge in [-0.25, -0.2) is 9.18 Å². The molecule has 1 saturated heterocycles. The van der Waals surface area contributed by atoms with E-state index in [9.17, 15) is 9.18 Å². The van der Waals surface area contributed by atoms with Crippen molar-refractivity contribution in [3.63, 3.8) is 0 Å². The van der Waals surface area contributed by atoms with Crippen LogP contribution in [0.4, 0.5) is 9.18 Å². The fraction of sp³-hybridized carbons (Fsp3) is 0.458. The van der Waals surface area contributed by atoms with E-state index in [1.807, 2.05) is 51.1 Å². The molecule has 2 aliphatic heterocycles. The molecule has 32 heavy (non-hydrogen) atoms. The SMILES string of the molecule is CO[C@H]1c2c(cc(F)c(Cl)c2Br)O[C@@]1(c1ccccc1)C1CCCN1C(=O)OC(C)(C)C. The van der Waals surface area contributed by atoms with Crippen LogP contribution in [0, 0.1) is 5.82 Å². The number of hydrogen-bond donors (Lipinski definition) is 0. The van der Waals surface area contributed by atoms with E-state index in [2.05, 4.69) is 15.9 Å². The first-order valence-electron chi connectivity index (χ1n) is 10.5. The van der Waals surface area contributed by atoms with E-state index in [4.69, 9.17) is 25.8 Å². The van der Waals surface area contributed by atoms with Gasteiger partial charge in [0, 0.05) is 35.3 Å². The molecule has 1 amide bonds. The summed E-state index contributed by atoms with van der Waals surface area (Å²) in [4.78, 5) is 14.9. The Kier molecular flexibility index (Phi) is 6.20. The number of nitrogens with zero attached hydrogens (tertiary/aromatic N) is 1. The number of carbonyl (C=O) groups excluding carboxylic acids is 1. The summed E-state index contributed by atoms with van der Waals surface area (Å²) in [5.41, 5.74) is -0.291. The van der Waals surface area contributed by atoms with Gasteiger partial charge in [0.2, 0.25) is 0 Å². The molecule has 2 aliphatic rings. The largest absolute Gasteiger partial charge is 0.477 e. The van der Waals surface area contributed by atoms with Crippen LogP contribution in [-0.2, 0) is 15.1 Å². The topological polar surface area (TPSA) is 48.0 Å². The Balaban J connectivity index is 1.89. The van der Waals surface area contributed by atoms with Gasteiger partial charge < -0.3 is 19.1 Å². The second kappa shape index (κ2) is 8.50. The van der Waals surface area contributed by atoms with Crippen molar-refractivity contribution in [2.24, 2.45) is 0 Å². The van der Waals surface area contributed by atoms with Crippen molar-refractivity contribution in [1.29, 1.82) is 0 Å². The summed E-state index contributed by atoms with van der Waals surface area (Å²) in [5, 5.41) is -0.0336. The molecule has 0 spiro atoms. The molecule has 0 saturated carbocycles. The molecule has 1 fully saturated rings. The van der Waals surface area contributed by atoms with Crippen LogP contribution >= 0.6 is 27.5 Å². The summed E-state index contributed by atoms with van der Waals surface area (Å²) >= 11 is 9.66. The summed E-state index contributed by atoms with van der Waals surface area (Å²) in [5.74, 6) is -0.253. The Labute approximate surface area is 200 Å². The number of carbonyl (C=O) groups is 1. The first-order valence-corrected chi connectivity index (χ1v) is 11.7. The van der Waals surface area contributed by atoms with E-state index in [-0.39, 0.29) is 5.02 Å². The maximum atomic E-state index is 14.5. The predicted molar refractivity (Wildman–Crippen MR) is 124 cm³/mol. The molecule has 2 aromatic rings. The lowest BCUT2D eigenvalue weighted by Gasteiger charge is -2.43. The number of fused-ring (bicyclic) bond motifs is 1. The Morgan fingerprint density at radius 3 is 2.62 bits per heavy atom. The van der Waals surface area contributed by atoms with Crippen LogP contribution in [0.2, 0.25) is 5.02 Å². The second-order valence-corrected chi connectivity index (χ2v) is 10.3. The number of methoxy groups -OCH3 is 1. The minimum atomic E-state index is -1.11. The van der Waals surface area contributed by atoms with E-state index in [0.717, 1.165) is 12.0 Å². The van der Waals surface area contributed by atoms with Crippen LogP contribution < -0.4 is 4.74 Å². The molecule has 1 unspecified atom stereocenters. The van der Waals surface area contributed by atoms with Crippen LogP contribution in [0.25, 0.3) is 0 Å². The van der Waals surface area contributed by atoms with Gasteiger partial charge in [0.25, 0.3) is 0 Å². The summed E-state index contributed by atoms with van der Waals surface area (Å²) in [6.07, 6.45) is 0.411. The summed E-state index contributed by atoms with van der Waals surface area (Å²) in [7, 11) is 1.58. The number of rotatable bonds is 3. The van der Waals surface area contributed by atoms with E-state index < -0.39 is 35.3 Å². The standard InChI is InChI=1S/C24H26BrClFNO4/c1-23(2,3)32-22(29)28-12-8-11-17(28)24(14-9-6-5-7-10-14)21(30-4)18-16(31-24)13-15(27)20(26)19(18)25/h5-7,9-10,13,17,21H,8,11-12H2,1-4H3/t17?,21-,24-/m0/s1. The fourth-order valence-corrected chi connectivity index (χ4v) is 5.50. The highest BCUT2D eigenvalue weighted by Crippen LogP contribution is 2.58. The molecule has 0 bridgehead atoms. The Hall–Kier alpha value is -1.83. The van der Waals surface area contributed by atoms with Crippen LogP contribution in [-0.4, -0.2) is 36.3 Å². The van der Waals surface area contributed by atoms with Gasteiger partial charge in [0.05, 0.1) is 11.1 Å². The molecule has 8 heteroatoms. The van der Waals surface area contributed by atoms with Crippen molar-refractivity contribution in [2.75, 3.05) is 13.7 Å². The number of benzene rings is 2. The molecular formula is C24H26BrClFNO4. The van der Waals surface area contributed by atoms with Gasteiger partial charge in [-0.15, -0.1) is 0 Å². The van der Waals surface area contributed by atoms with Crippen LogP contribution in [0.5, 0.6) is 5.75 Å². The monoisotopic (exact) mass is 525 g/mol. The third-order valence-electron chi connectivity index (χ3n) is 5.93. The molecule has 0 aromatic heterocycles. The predicted octanol–water partition coefficient (Wildman–Crippen LogP) is 6.62. The van der Waals surface area contributed by atoms with Crippen LogP contribution in [0.1, 0.15) is 50.8 Å². The molecule has 0 aliphatic carbocycles. The average molecular weight is 527 g/mol. The lowest BCUT2D eigenvalue weighted by molar-refractivity contribution is -0.101. The Morgan fingerprint density at radius 1 is 1.31 bits per heavy atom. The van der Waals surface area contributed by atoms with Gasteiger partial charge >= 0.3 is 6.09 Å². The van der Waals surface area contributed by atoms with E-state index in [1.165, 1.54) is 6.07 Å². The highest BCUT2D eigenvalue weighted by atomic mass is 79.9. The first kappa shape index (κ1) is 23.3. The van der Waals surface area contributed by atoms with Gasteiger partial charge in [-0.3, -0.25) is 0 Å². The molecule has 5 nitrogen and oxygen atoms in total. The molecule has 3 atom stereocenters. The van der Waals surface area contributed by atoms with Gasteiger partial charge in [0.15, 0.2) is 5.60 Å². The second-order valence-electron chi connectivity index (χ2n) is 9.11. The number of likely N-dealkylation sites (tertiary alicyclic amines) is 1. The fourth-order valence-electron chi connectivity index (χ4n) is 4.75. The summed E-state index contributed by atoms with van der Waals surface area (Å²) < 4.78 is 33.2. The van der Waals surface area contributed by atoms with Crippen molar-refractivity contribution >= 4 is 33.6 Å². The minimum Gasteiger partial charge on any atom is -0.477 e. The minimum absolute atomic E-state index is 0.0336. The summed E-state index contributed by atoms with van der Waals surface area (Å²) in [6.45, 7) is 6.04. The van der Waals surface area contributed by atoms with Crippen LogP contribution in [0.15, 0.2) is 40.9 Å². The molecule has 172 valence electrons. The zero-order valence-electron chi connectivity index (χ0n) is 18.5. The van der Waals surface area contributed by atoms with Gasteiger partial charge in [-0.05, 0) is 49.5 Å². The van der Waals surface area contributed by atoms with Crippen molar-refractivity contribution in [2.45, 2.75) is 57.0 Å². The average Bonchev–Trinajstić information content (AvgIpc) is 3.35. The van der Waals surface area contributed by atoms with E-state index >= 15 is 0 Å². The highest BCUT2D eigenvalue weighted by Gasteiger charge is 2.60. The van der Waals surface area contributed by atoms with Crippen molar-refractivity contribution in [3.05, 3.63) is 62.8 Å². The zero-order valence-corrected chi connectivity index (χ0v) is 20.8. The number of halogens is 3. The molecule has 0 radical (unpaired) electrons.